The molecule has 1 aromatic rings. The van der Waals surface area contributed by atoms with Crippen LogP contribution in [0, 0.1) is 17.6 Å². The largest absolute Gasteiger partial charge is 0.486 e. The lowest BCUT2D eigenvalue weighted by molar-refractivity contribution is -0.139. The van der Waals surface area contributed by atoms with Crippen LogP contribution in [0.3, 0.4) is 0 Å². The van der Waals surface area contributed by atoms with E-state index in [-0.39, 0.29) is 36.2 Å². The topological polar surface area (TPSA) is 66.8 Å². The van der Waals surface area contributed by atoms with Crippen LogP contribution in [0.15, 0.2) is 6.07 Å². The summed E-state index contributed by atoms with van der Waals surface area (Å²) in [6, 6.07) is 0.529. The second-order valence-corrected chi connectivity index (χ2v) is 4.97. The van der Waals surface area contributed by atoms with Gasteiger partial charge in [-0.2, -0.15) is 4.39 Å². The quantitative estimate of drug-likeness (QED) is 0.790. The summed E-state index contributed by atoms with van der Waals surface area (Å²) in [4.78, 5) is 24.9. The minimum Gasteiger partial charge on any atom is -0.486 e. The van der Waals surface area contributed by atoms with Crippen LogP contribution in [0.25, 0.3) is 0 Å². The number of anilines is 1. The second-order valence-electron chi connectivity index (χ2n) is 4.97. The Morgan fingerprint density at radius 1 is 1.50 bits per heavy atom. The first-order chi connectivity index (χ1) is 9.41. The van der Waals surface area contributed by atoms with Crippen molar-refractivity contribution >= 4 is 17.4 Å². The Bertz CT molecular complexity index is 631. The molecule has 0 amide bonds. The van der Waals surface area contributed by atoms with Crippen molar-refractivity contribution in [1.29, 1.82) is 0 Å². The first-order valence-corrected chi connectivity index (χ1v) is 6.10. The maximum Gasteiger partial charge on any atom is 0.316 e. The molecule has 0 fully saturated rings. The maximum absolute atomic E-state index is 13.8. The fourth-order valence-corrected chi connectivity index (χ4v) is 2.64. The molecule has 2 aliphatic heterocycles. The van der Waals surface area contributed by atoms with Gasteiger partial charge in [-0.3, -0.25) is 9.59 Å². The van der Waals surface area contributed by atoms with Gasteiger partial charge in [0.1, 0.15) is 12.5 Å². The van der Waals surface area contributed by atoms with E-state index in [2.05, 4.69) is 0 Å². The lowest BCUT2D eigenvalue weighted by Crippen LogP contribution is -2.51. The van der Waals surface area contributed by atoms with Crippen molar-refractivity contribution in [3.05, 3.63) is 23.3 Å². The van der Waals surface area contributed by atoms with Gasteiger partial charge < -0.3 is 14.7 Å². The molecule has 0 radical (unpaired) electrons. The van der Waals surface area contributed by atoms with Crippen molar-refractivity contribution in [3.63, 3.8) is 0 Å². The van der Waals surface area contributed by atoms with E-state index >= 15 is 0 Å². The number of carboxylic acids is 1. The summed E-state index contributed by atoms with van der Waals surface area (Å²) in [7, 11) is 0. The number of hydrogen-bond donors (Lipinski definition) is 1. The highest BCUT2D eigenvalue weighted by Gasteiger charge is 2.43. The Hall–Kier alpha value is -2.18. The molecule has 20 heavy (non-hydrogen) atoms. The first kappa shape index (κ1) is 12.8. The average molecular weight is 283 g/mol. The Morgan fingerprint density at radius 3 is 2.85 bits per heavy atom. The minimum absolute atomic E-state index is 0.0657. The third-order valence-corrected chi connectivity index (χ3v) is 3.70. The van der Waals surface area contributed by atoms with Crippen LogP contribution in [0.1, 0.15) is 17.3 Å². The first-order valence-electron chi connectivity index (χ1n) is 6.10. The summed E-state index contributed by atoms with van der Waals surface area (Å²) < 4.78 is 32.5. The molecule has 3 rings (SSSR count). The Kier molecular flexibility index (Phi) is 2.67. The molecule has 1 N–H and O–H groups in total. The molecular weight excluding hydrogens is 272 g/mol. The van der Waals surface area contributed by atoms with E-state index in [1.54, 1.807) is 11.8 Å². The zero-order valence-electron chi connectivity index (χ0n) is 10.5. The van der Waals surface area contributed by atoms with Crippen LogP contribution in [-0.4, -0.2) is 36.1 Å². The highest BCUT2D eigenvalue weighted by Crippen LogP contribution is 2.44. The summed E-state index contributed by atoms with van der Waals surface area (Å²) in [5, 5.41) is 9.10. The number of carbonyl (C=O) groups excluding carboxylic acids is 1. The monoisotopic (exact) mass is 283 g/mol. The van der Waals surface area contributed by atoms with E-state index in [4.69, 9.17) is 9.84 Å². The summed E-state index contributed by atoms with van der Waals surface area (Å²) in [6.45, 7) is 1.81. The number of halogens is 2. The highest BCUT2D eigenvalue weighted by atomic mass is 19.2. The number of carboxylic acid groups (broad SMARTS) is 1. The molecule has 0 bridgehead atoms. The second kappa shape index (κ2) is 4.16. The smallest absolute Gasteiger partial charge is 0.316 e. The van der Waals surface area contributed by atoms with E-state index in [9.17, 15) is 18.4 Å². The number of nitrogens with zero attached hydrogens (tertiary/aromatic N) is 1. The van der Waals surface area contributed by atoms with Gasteiger partial charge in [0.25, 0.3) is 0 Å². The van der Waals surface area contributed by atoms with Crippen molar-refractivity contribution in [2.75, 3.05) is 18.1 Å². The minimum atomic E-state index is -1.28. The van der Waals surface area contributed by atoms with Crippen LogP contribution in [0.2, 0.25) is 0 Å². The van der Waals surface area contributed by atoms with Gasteiger partial charge in [0.15, 0.2) is 17.3 Å². The van der Waals surface area contributed by atoms with Gasteiger partial charge in [0, 0.05) is 12.1 Å². The van der Waals surface area contributed by atoms with Gasteiger partial charge in [-0.05, 0) is 13.0 Å². The Balaban J connectivity index is 2.26. The van der Waals surface area contributed by atoms with E-state index in [0.717, 1.165) is 6.07 Å². The highest BCUT2D eigenvalue weighted by molar-refractivity contribution is 6.14. The summed E-state index contributed by atoms with van der Waals surface area (Å²) in [5.74, 6) is -5.95. The molecule has 2 aliphatic rings. The lowest BCUT2D eigenvalue weighted by Gasteiger charge is -2.42. The van der Waals surface area contributed by atoms with Crippen molar-refractivity contribution in [2.24, 2.45) is 5.92 Å². The zero-order valence-corrected chi connectivity index (χ0v) is 10.5. The summed E-state index contributed by atoms with van der Waals surface area (Å²) >= 11 is 0. The van der Waals surface area contributed by atoms with Crippen LogP contribution in [0.5, 0.6) is 5.75 Å². The molecule has 7 heteroatoms. The summed E-state index contributed by atoms with van der Waals surface area (Å²) in [5.41, 5.74) is 0.0225. The summed E-state index contributed by atoms with van der Waals surface area (Å²) in [6.07, 6.45) is 0. The lowest BCUT2D eigenvalue weighted by atomic mass is 9.89. The molecule has 0 saturated heterocycles. The van der Waals surface area contributed by atoms with Gasteiger partial charge in [0.05, 0.1) is 11.7 Å². The molecular formula is C13H11F2NO4. The van der Waals surface area contributed by atoms with Gasteiger partial charge in [0.2, 0.25) is 5.82 Å². The normalized spacial score (nSPS) is 24.1. The molecule has 5 nitrogen and oxygen atoms in total. The van der Waals surface area contributed by atoms with E-state index < -0.39 is 29.3 Å². The SMILES string of the molecule is C[C@H]1COc2c(F)c(F)cc3c2N1CC(C(=O)O)C3=O. The van der Waals surface area contributed by atoms with E-state index in [0.29, 0.717) is 0 Å². The van der Waals surface area contributed by atoms with Crippen LogP contribution < -0.4 is 9.64 Å². The molecule has 1 unspecified atom stereocenters. The zero-order chi connectivity index (χ0) is 14.6. The van der Waals surface area contributed by atoms with Crippen LogP contribution >= 0.6 is 0 Å². The van der Waals surface area contributed by atoms with Gasteiger partial charge in [-0.1, -0.05) is 0 Å². The number of ether oxygens (including phenoxy) is 1. The predicted molar refractivity (Wildman–Crippen MR) is 64.1 cm³/mol. The predicted octanol–water partition coefficient (Wildman–Crippen LogP) is 1.45. The number of carbonyl (C=O) groups is 2. The third kappa shape index (κ3) is 1.59. The molecule has 106 valence electrons. The van der Waals surface area contributed by atoms with E-state index in [1.807, 2.05) is 0 Å². The average Bonchev–Trinajstić information content (AvgIpc) is 2.39. The van der Waals surface area contributed by atoms with Gasteiger partial charge in [-0.25, -0.2) is 4.39 Å². The van der Waals surface area contributed by atoms with Crippen molar-refractivity contribution in [3.8, 4) is 5.75 Å². The fourth-order valence-electron chi connectivity index (χ4n) is 2.64. The Morgan fingerprint density at radius 2 is 2.20 bits per heavy atom. The van der Waals surface area contributed by atoms with E-state index in [1.165, 1.54) is 0 Å². The molecule has 2 atom stereocenters. The molecule has 0 aromatic heterocycles. The number of benzene rings is 1. The van der Waals surface area contributed by atoms with Crippen LogP contribution in [0.4, 0.5) is 14.5 Å². The van der Waals surface area contributed by atoms with Crippen molar-refractivity contribution in [1.82, 2.24) is 0 Å². The fraction of sp³-hybridized carbons (Fsp3) is 0.385. The molecule has 0 spiro atoms. The van der Waals surface area contributed by atoms with Gasteiger partial charge >= 0.3 is 5.97 Å². The van der Waals surface area contributed by atoms with Crippen molar-refractivity contribution < 1.29 is 28.2 Å². The number of ketones is 1. The number of rotatable bonds is 1. The molecule has 1 aromatic carbocycles. The third-order valence-electron chi connectivity index (χ3n) is 3.70. The number of hydrogen-bond acceptors (Lipinski definition) is 4. The standard InChI is InChI=1S/C13H11F2NO4/c1-5-4-20-12-9(15)8(14)2-6-10(12)16(5)3-7(11(6)17)13(18)19/h2,5,7H,3-4H2,1H3,(H,18,19)/t5-,7?/m0/s1. The molecule has 0 aliphatic carbocycles. The molecule has 2 heterocycles. The number of aliphatic carboxylic acids is 1. The molecule has 0 saturated carbocycles. The maximum atomic E-state index is 13.8. The van der Waals surface area contributed by atoms with Crippen LogP contribution in [-0.2, 0) is 4.79 Å². The van der Waals surface area contributed by atoms with Crippen molar-refractivity contribution in [2.45, 2.75) is 13.0 Å². The van der Waals surface area contributed by atoms with Gasteiger partial charge in [-0.15, -0.1) is 0 Å². The Labute approximate surface area is 112 Å². The number of Topliss-reactive ketones (excluding diaryl/α,β-unsaturated/α-hetero) is 1.